The Labute approximate surface area is 124 Å². The van der Waals surface area contributed by atoms with Crippen LogP contribution in [0.25, 0.3) is 0 Å². The number of primary amides is 1. The van der Waals surface area contributed by atoms with Gasteiger partial charge in [0.2, 0.25) is 5.91 Å². The van der Waals surface area contributed by atoms with E-state index in [1.165, 1.54) is 38.5 Å². The fourth-order valence-corrected chi connectivity index (χ4v) is 4.13. The van der Waals surface area contributed by atoms with Gasteiger partial charge in [0.15, 0.2) is 0 Å². The van der Waals surface area contributed by atoms with Gasteiger partial charge < -0.3 is 11.1 Å². The van der Waals surface area contributed by atoms with Gasteiger partial charge >= 0.3 is 0 Å². The summed E-state index contributed by atoms with van der Waals surface area (Å²) in [6.07, 6.45) is 11.7. The van der Waals surface area contributed by atoms with E-state index in [2.05, 4.69) is 19.2 Å². The van der Waals surface area contributed by atoms with Gasteiger partial charge in [-0.1, -0.05) is 46.0 Å². The minimum Gasteiger partial charge on any atom is -0.368 e. The van der Waals surface area contributed by atoms with Gasteiger partial charge in [0.05, 0.1) is 5.54 Å². The highest BCUT2D eigenvalue weighted by atomic mass is 16.1. The number of carbonyl (C=O) groups excluding carboxylic acids is 1. The third kappa shape index (κ3) is 3.75. The third-order valence-corrected chi connectivity index (χ3v) is 5.62. The Hall–Kier alpha value is -0.570. The van der Waals surface area contributed by atoms with Crippen molar-refractivity contribution >= 4 is 5.91 Å². The Morgan fingerprint density at radius 3 is 2.35 bits per heavy atom. The first-order chi connectivity index (χ1) is 9.53. The van der Waals surface area contributed by atoms with Crippen molar-refractivity contribution < 1.29 is 4.79 Å². The van der Waals surface area contributed by atoms with Crippen LogP contribution in [0.15, 0.2) is 0 Å². The van der Waals surface area contributed by atoms with Gasteiger partial charge in [-0.15, -0.1) is 0 Å². The lowest BCUT2D eigenvalue weighted by atomic mass is 9.84. The smallest absolute Gasteiger partial charge is 0.237 e. The van der Waals surface area contributed by atoms with Crippen LogP contribution >= 0.6 is 0 Å². The molecule has 3 heteroatoms. The minimum atomic E-state index is -0.425. The summed E-state index contributed by atoms with van der Waals surface area (Å²) in [5.74, 6) is 1.35. The van der Waals surface area contributed by atoms with Crippen molar-refractivity contribution in [2.24, 2.45) is 17.6 Å². The summed E-state index contributed by atoms with van der Waals surface area (Å²) in [4.78, 5) is 12.1. The van der Waals surface area contributed by atoms with Crippen LogP contribution in [0.5, 0.6) is 0 Å². The maximum Gasteiger partial charge on any atom is 0.237 e. The molecule has 2 atom stereocenters. The molecular weight excluding hydrogens is 248 g/mol. The molecule has 2 saturated carbocycles. The molecule has 0 radical (unpaired) electrons. The molecule has 20 heavy (non-hydrogen) atoms. The van der Waals surface area contributed by atoms with Crippen LogP contribution in [-0.2, 0) is 4.79 Å². The molecule has 0 aromatic carbocycles. The van der Waals surface area contributed by atoms with Crippen LogP contribution in [0, 0.1) is 11.8 Å². The van der Waals surface area contributed by atoms with E-state index < -0.39 is 5.54 Å². The first kappa shape index (κ1) is 15.8. The number of rotatable bonds is 4. The molecule has 2 unspecified atom stereocenters. The van der Waals surface area contributed by atoms with Gasteiger partial charge in [-0.3, -0.25) is 4.79 Å². The zero-order chi connectivity index (χ0) is 14.6. The minimum absolute atomic E-state index is 0.118. The SMILES string of the molecule is CC(C)C1CCCC(NC2CCCCC2)(C(N)=O)CC1. The van der Waals surface area contributed by atoms with Gasteiger partial charge in [0, 0.05) is 6.04 Å². The number of hydrogen-bond acceptors (Lipinski definition) is 2. The van der Waals surface area contributed by atoms with Crippen molar-refractivity contribution in [3.8, 4) is 0 Å². The van der Waals surface area contributed by atoms with Gasteiger partial charge in [0.25, 0.3) is 0 Å². The van der Waals surface area contributed by atoms with E-state index in [1.807, 2.05) is 0 Å². The van der Waals surface area contributed by atoms with E-state index in [4.69, 9.17) is 5.73 Å². The summed E-state index contributed by atoms with van der Waals surface area (Å²) in [5.41, 5.74) is 5.38. The number of amides is 1. The Balaban J connectivity index is 2.03. The van der Waals surface area contributed by atoms with Gasteiger partial charge in [-0.2, -0.15) is 0 Å². The summed E-state index contributed by atoms with van der Waals surface area (Å²) < 4.78 is 0. The summed E-state index contributed by atoms with van der Waals surface area (Å²) in [7, 11) is 0. The normalized spacial score (nSPS) is 33.0. The van der Waals surface area contributed by atoms with E-state index >= 15 is 0 Å². The molecule has 2 aliphatic carbocycles. The molecule has 0 aromatic heterocycles. The first-order valence-electron chi connectivity index (χ1n) is 8.61. The molecule has 1 amide bonds. The highest BCUT2D eigenvalue weighted by Crippen LogP contribution is 2.35. The van der Waals surface area contributed by atoms with Crippen LogP contribution in [0.2, 0.25) is 0 Å². The molecule has 0 bridgehead atoms. The fraction of sp³-hybridized carbons (Fsp3) is 0.941. The van der Waals surface area contributed by atoms with Crippen LogP contribution < -0.4 is 11.1 Å². The number of nitrogens with two attached hydrogens (primary N) is 1. The van der Waals surface area contributed by atoms with Crippen LogP contribution in [0.4, 0.5) is 0 Å². The Kier molecular flexibility index (Phi) is 5.48. The van der Waals surface area contributed by atoms with Crippen molar-refractivity contribution in [3.63, 3.8) is 0 Å². The van der Waals surface area contributed by atoms with E-state index in [0.29, 0.717) is 12.0 Å². The number of nitrogens with one attached hydrogen (secondary N) is 1. The molecule has 0 saturated heterocycles. The second-order valence-corrected chi connectivity index (χ2v) is 7.36. The molecule has 0 heterocycles. The van der Waals surface area contributed by atoms with E-state index in [0.717, 1.165) is 31.6 Å². The lowest BCUT2D eigenvalue weighted by Gasteiger charge is -2.37. The number of hydrogen-bond donors (Lipinski definition) is 2. The summed E-state index contributed by atoms with van der Waals surface area (Å²) in [6, 6.07) is 0.506. The molecule has 0 aliphatic heterocycles. The highest BCUT2D eigenvalue weighted by Gasteiger charge is 2.40. The van der Waals surface area contributed by atoms with Crippen LogP contribution in [0.1, 0.15) is 78.1 Å². The lowest BCUT2D eigenvalue weighted by Crippen LogP contribution is -2.58. The van der Waals surface area contributed by atoms with Gasteiger partial charge in [-0.25, -0.2) is 0 Å². The summed E-state index contributed by atoms with van der Waals surface area (Å²) >= 11 is 0. The zero-order valence-corrected chi connectivity index (χ0v) is 13.3. The monoisotopic (exact) mass is 280 g/mol. The Morgan fingerprint density at radius 2 is 1.75 bits per heavy atom. The largest absolute Gasteiger partial charge is 0.368 e. The lowest BCUT2D eigenvalue weighted by molar-refractivity contribution is -0.125. The quantitative estimate of drug-likeness (QED) is 0.776. The van der Waals surface area contributed by atoms with Crippen molar-refractivity contribution in [2.75, 3.05) is 0 Å². The average molecular weight is 280 g/mol. The van der Waals surface area contributed by atoms with Crippen molar-refractivity contribution in [3.05, 3.63) is 0 Å². The molecule has 2 fully saturated rings. The molecule has 116 valence electrons. The molecular formula is C17H32N2O. The summed E-state index contributed by atoms with van der Waals surface area (Å²) in [6.45, 7) is 4.60. The number of carbonyl (C=O) groups is 1. The summed E-state index contributed by atoms with van der Waals surface area (Å²) in [5, 5.41) is 3.70. The van der Waals surface area contributed by atoms with Crippen molar-refractivity contribution in [1.29, 1.82) is 0 Å². The van der Waals surface area contributed by atoms with Crippen LogP contribution in [-0.4, -0.2) is 17.5 Å². The molecule has 3 N–H and O–H groups in total. The molecule has 0 spiro atoms. The predicted molar refractivity (Wildman–Crippen MR) is 83.3 cm³/mol. The maximum atomic E-state index is 12.1. The van der Waals surface area contributed by atoms with Crippen molar-refractivity contribution in [1.82, 2.24) is 5.32 Å². The third-order valence-electron chi connectivity index (χ3n) is 5.62. The van der Waals surface area contributed by atoms with Crippen molar-refractivity contribution in [2.45, 2.75) is 89.6 Å². The molecule has 0 aromatic rings. The van der Waals surface area contributed by atoms with Crippen LogP contribution in [0.3, 0.4) is 0 Å². The molecule has 2 rings (SSSR count). The first-order valence-corrected chi connectivity index (χ1v) is 8.61. The standard InChI is InChI=1S/C17H32N2O/c1-13(2)14-7-6-11-17(12-10-14,16(18)20)19-15-8-4-3-5-9-15/h13-15,19H,3-12H2,1-2H3,(H2,18,20). The predicted octanol–water partition coefficient (Wildman–Crippen LogP) is 3.37. The van der Waals surface area contributed by atoms with E-state index in [1.54, 1.807) is 0 Å². The zero-order valence-electron chi connectivity index (χ0n) is 13.3. The molecule has 3 nitrogen and oxygen atoms in total. The Bertz CT molecular complexity index is 323. The topological polar surface area (TPSA) is 55.1 Å². The molecule has 2 aliphatic rings. The van der Waals surface area contributed by atoms with E-state index in [-0.39, 0.29) is 5.91 Å². The Morgan fingerprint density at radius 1 is 1.05 bits per heavy atom. The fourth-order valence-electron chi connectivity index (χ4n) is 4.13. The second-order valence-electron chi connectivity index (χ2n) is 7.36. The van der Waals surface area contributed by atoms with E-state index in [9.17, 15) is 4.79 Å². The van der Waals surface area contributed by atoms with Gasteiger partial charge in [0.1, 0.15) is 0 Å². The van der Waals surface area contributed by atoms with Gasteiger partial charge in [-0.05, 0) is 43.9 Å². The maximum absolute atomic E-state index is 12.1. The highest BCUT2D eigenvalue weighted by molar-refractivity contribution is 5.84. The average Bonchev–Trinajstić information content (AvgIpc) is 2.63. The second kappa shape index (κ2) is 6.93.